The molecule has 5 nitrogen and oxygen atoms in total. The van der Waals surface area contributed by atoms with Gasteiger partial charge >= 0.3 is 5.97 Å². The summed E-state index contributed by atoms with van der Waals surface area (Å²) in [6.07, 6.45) is 0. The van der Waals surface area contributed by atoms with Gasteiger partial charge in [0, 0.05) is 0 Å². The van der Waals surface area contributed by atoms with Crippen LogP contribution in [-0.4, -0.2) is 26.0 Å². The number of aromatic amines is 1. The summed E-state index contributed by atoms with van der Waals surface area (Å²) in [4.78, 5) is 22.2. The van der Waals surface area contributed by atoms with Crippen molar-refractivity contribution < 1.29 is 9.90 Å². The molecule has 3 aromatic heterocycles. The molecule has 0 aliphatic carbocycles. The number of halogens is 1. The van der Waals surface area contributed by atoms with Crippen molar-refractivity contribution in [3.63, 3.8) is 0 Å². The Morgan fingerprint density at radius 3 is 2.53 bits per heavy atom. The maximum absolute atomic E-state index is 10.8. The Labute approximate surface area is 112 Å². The number of hydrogen-bond acceptors (Lipinski definition) is 3. The van der Waals surface area contributed by atoms with Gasteiger partial charge in [-0.1, -0.05) is 11.6 Å². The van der Waals surface area contributed by atoms with Crippen molar-refractivity contribution in [3.8, 4) is 11.4 Å². The summed E-state index contributed by atoms with van der Waals surface area (Å²) in [6, 6.07) is 10.2. The number of carboxylic acids is 1. The Kier molecular flexibility index (Phi) is 2.68. The SMILES string of the molecule is O=C(O)c1ccc(-c2ccc3nc(Cl)ccc3n2)[nH]1. The summed E-state index contributed by atoms with van der Waals surface area (Å²) in [5, 5.41) is 9.28. The predicted octanol–water partition coefficient (Wildman–Crippen LogP) is 2.98. The Hall–Kier alpha value is -2.40. The molecular formula is C13H8ClN3O2. The van der Waals surface area contributed by atoms with Crippen molar-refractivity contribution in [3.05, 3.63) is 47.2 Å². The molecule has 3 rings (SSSR count). The van der Waals surface area contributed by atoms with Gasteiger partial charge < -0.3 is 10.1 Å². The fourth-order valence-electron chi connectivity index (χ4n) is 1.80. The number of rotatable bonds is 2. The van der Waals surface area contributed by atoms with Crippen LogP contribution in [0, 0.1) is 0 Å². The number of carbonyl (C=O) groups is 1. The van der Waals surface area contributed by atoms with Gasteiger partial charge in [-0.3, -0.25) is 0 Å². The quantitative estimate of drug-likeness (QED) is 0.704. The van der Waals surface area contributed by atoms with Gasteiger partial charge in [0.25, 0.3) is 0 Å². The van der Waals surface area contributed by atoms with Crippen molar-refractivity contribution in [1.82, 2.24) is 15.0 Å². The minimum absolute atomic E-state index is 0.131. The third kappa shape index (κ3) is 2.15. The van der Waals surface area contributed by atoms with Crippen LogP contribution in [0.15, 0.2) is 36.4 Å². The van der Waals surface area contributed by atoms with Gasteiger partial charge in [0.1, 0.15) is 10.8 Å². The van der Waals surface area contributed by atoms with E-state index >= 15 is 0 Å². The van der Waals surface area contributed by atoms with Gasteiger partial charge in [0.2, 0.25) is 0 Å². The number of H-pyrrole nitrogens is 1. The Balaban J connectivity index is 2.09. The summed E-state index contributed by atoms with van der Waals surface area (Å²) in [5.41, 5.74) is 2.83. The van der Waals surface area contributed by atoms with Gasteiger partial charge in [0.15, 0.2) is 0 Å². The molecule has 6 heteroatoms. The van der Waals surface area contributed by atoms with E-state index in [4.69, 9.17) is 16.7 Å². The standard InChI is InChI=1S/C13H8ClN3O2/c14-12-6-5-9-10(17-12)2-1-7(15-9)8-3-4-11(16-8)13(18)19/h1-6,16H,(H,18,19). The zero-order chi connectivity index (χ0) is 13.4. The van der Waals surface area contributed by atoms with Crippen LogP contribution in [0.5, 0.6) is 0 Å². The summed E-state index contributed by atoms with van der Waals surface area (Å²) < 4.78 is 0. The molecule has 0 fully saturated rings. The average molecular weight is 274 g/mol. The molecule has 0 amide bonds. The van der Waals surface area contributed by atoms with Crippen LogP contribution in [0.4, 0.5) is 0 Å². The average Bonchev–Trinajstić information content (AvgIpc) is 2.88. The summed E-state index contributed by atoms with van der Waals surface area (Å²) in [6.45, 7) is 0. The van der Waals surface area contributed by atoms with Crippen LogP contribution in [-0.2, 0) is 0 Å². The van der Waals surface area contributed by atoms with E-state index in [0.29, 0.717) is 27.6 Å². The van der Waals surface area contributed by atoms with E-state index in [0.717, 1.165) is 0 Å². The monoisotopic (exact) mass is 273 g/mol. The lowest BCUT2D eigenvalue weighted by atomic mass is 10.2. The van der Waals surface area contributed by atoms with E-state index in [2.05, 4.69) is 15.0 Å². The number of hydrogen-bond donors (Lipinski definition) is 2. The zero-order valence-corrected chi connectivity index (χ0v) is 10.3. The largest absolute Gasteiger partial charge is 0.477 e. The van der Waals surface area contributed by atoms with Crippen molar-refractivity contribution in [2.45, 2.75) is 0 Å². The molecule has 0 aliphatic heterocycles. The highest BCUT2D eigenvalue weighted by Crippen LogP contribution is 2.20. The lowest BCUT2D eigenvalue weighted by Crippen LogP contribution is -1.96. The molecule has 0 atom stereocenters. The number of pyridine rings is 2. The number of nitrogens with zero attached hydrogens (tertiary/aromatic N) is 2. The highest BCUT2D eigenvalue weighted by Gasteiger charge is 2.09. The van der Waals surface area contributed by atoms with Crippen molar-refractivity contribution in [2.75, 3.05) is 0 Å². The highest BCUT2D eigenvalue weighted by molar-refractivity contribution is 6.29. The number of aromatic carboxylic acids is 1. The molecule has 0 radical (unpaired) electrons. The predicted molar refractivity (Wildman–Crippen MR) is 71.3 cm³/mol. The first-order chi connectivity index (χ1) is 9.13. The first kappa shape index (κ1) is 11.7. The van der Waals surface area contributed by atoms with Crippen LogP contribution in [0.3, 0.4) is 0 Å². The lowest BCUT2D eigenvalue weighted by Gasteiger charge is -2.01. The van der Waals surface area contributed by atoms with Crippen LogP contribution in [0.2, 0.25) is 5.15 Å². The smallest absolute Gasteiger partial charge is 0.352 e. The number of carboxylic acid groups (broad SMARTS) is 1. The second-order valence-electron chi connectivity index (χ2n) is 3.96. The topological polar surface area (TPSA) is 78.9 Å². The Bertz CT molecular complexity index is 782. The maximum Gasteiger partial charge on any atom is 0.352 e. The fraction of sp³-hybridized carbons (Fsp3) is 0. The van der Waals surface area contributed by atoms with Crippen molar-refractivity contribution in [1.29, 1.82) is 0 Å². The normalized spacial score (nSPS) is 10.8. The number of nitrogens with one attached hydrogen (secondary N) is 1. The summed E-state index contributed by atoms with van der Waals surface area (Å²) in [5.74, 6) is -1.000. The van der Waals surface area contributed by atoms with Gasteiger partial charge in [-0.25, -0.2) is 14.8 Å². The first-order valence-corrected chi connectivity index (χ1v) is 5.87. The maximum atomic E-state index is 10.8. The van der Waals surface area contributed by atoms with Gasteiger partial charge in [-0.2, -0.15) is 0 Å². The van der Waals surface area contributed by atoms with E-state index in [9.17, 15) is 4.79 Å². The molecule has 0 aliphatic rings. The van der Waals surface area contributed by atoms with Crippen molar-refractivity contribution in [2.24, 2.45) is 0 Å². The lowest BCUT2D eigenvalue weighted by molar-refractivity contribution is 0.0691. The second kappa shape index (κ2) is 4.37. The number of aromatic nitrogens is 3. The van der Waals surface area contributed by atoms with E-state index in [-0.39, 0.29) is 5.69 Å². The van der Waals surface area contributed by atoms with Crippen molar-refractivity contribution >= 4 is 28.6 Å². The highest BCUT2D eigenvalue weighted by atomic mass is 35.5. The molecule has 3 aromatic rings. The summed E-state index contributed by atoms with van der Waals surface area (Å²) in [7, 11) is 0. The molecule has 94 valence electrons. The Morgan fingerprint density at radius 1 is 1.05 bits per heavy atom. The molecule has 0 spiro atoms. The molecule has 0 saturated carbocycles. The van der Waals surface area contributed by atoms with Crippen LogP contribution in [0.25, 0.3) is 22.4 Å². The van der Waals surface area contributed by atoms with E-state index < -0.39 is 5.97 Å². The molecular weight excluding hydrogens is 266 g/mol. The van der Waals surface area contributed by atoms with E-state index in [1.165, 1.54) is 6.07 Å². The molecule has 19 heavy (non-hydrogen) atoms. The molecule has 3 heterocycles. The fourth-order valence-corrected chi connectivity index (χ4v) is 1.96. The third-order valence-corrected chi connectivity index (χ3v) is 2.91. The van der Waals surface area contributed by atoms with Gasteiger partial charge in [0.05, 0.1) is 22.4 Å². The molecule has 2 N–H and O–H groups in total. The minimum Gasteiger partial charge on any atom is -0.477 e. The van der Waals surface area contributed by atoms with Crippen LogP contribution < -0.4 is 0 Å². The molecule has 0 saturated heterocycles. The van der Waals surface area contributed by atoms with Crippen LogP contribution >= 0.6 is 11.6 Å². The molecule has 0 aromatic carbocycles. The molecule has 0 bridgehead atoms. The van der Waals surface area contributed by atoms with Gasteiger partial charge in [-0.05, 0) is 36.4 Å². The van der Waals surface area contributed by atoms with E-state index in [1.807, 2.05) is 0 Å². The Morgan fingerprint density at radius 2 is 1.79 bits per heavy atom. The second-order valence-corrected chi connectivity index (χ2v) is 4.35. The third-order valence-electron chi connectivity index (χ3n) is 2.70. The van der Waals surface area contributed by atoms with Gasteiger partial charge in [-0.15, -0.1) is 0 Å². The minimum atomic E-state index is -1.000. The van der Waals surface area contributed by atoms with Crippen LogP contribution in [0.1, 0.15) is 10.5 Å². The first-order valence-electron chi connectivity index (χ1n) is 5.49. The summed E-state index contributed by atoms with van der Waals surface area (Å²) >= 11 is 5.80. The number of fused-ring (bicyclic) bond motifs is 1. The molecule has 0 unspecified atom stereocenters. The zero-order valence-electron chi connectivity index (χ0n) is 9.59. The van der Waals surface area contributed by atoms with E-state index in [1.54, 1.807) is 30.3 Å².